The summed E-state index contributed by atoms with van der Waals surface area (Å²) in [6, 6.07) is 12.7. The Morgan fingerprint density at radius 1 is 1.11 bits per heavy atom. The second-order valence-corrected chi connectivity index (χ2v) is 7.92. The minimum atomic E-state index is -3.58. The molecule has 0 saturated heterocycles. The molecule has 6 nitrogen and oxygen atoms in total. The van der Waals surface area contributed by atoms with E-state index in [1.807, 2.05) is 24.3 Å². The monoisotopic (exact) mass is 394 g/mol. The van der Waals surface area contributed by atoms with E-state index in [0.29, 0.717) is 18.7 Å². The molecule has 0 radical (unpaired) electrons. The summed E-state index contributed by atoms with van der Waals surface area (Å²) in [7, 11) is -1.98. The number of nitrogens with zero attached hydrogens (tertiary/aromatic N) is 1. The summed E-state index contributed by atoms with van der Waals surface area (Å²) in [5.41, 5.74) is 1.38. The summed E-state index contributed by atoms with van der Waals surface area (Å²) in [6.45, 7) is 0.430. The van der Waals surface area contributed by atoms with Crippen molar-refractivity contribution >= 4 is 21.6 Å². The largest absolute Gasteiger partial charge is 0.497 e. The molecule has 2 aromatic carbocycles. The topological polar surface area (TPSA) is 75.7 Å². The van der Waals surface area contributed by atoms with Crippen LogP contribution >= 0.6 is 0 Å². The van der Waals surface area contributed by atoms with Crippen molar-refractivity contribution in [1.82, 2.24) is 5.32 Å². The van der Waals surface area contributed by atoms with Crippen LogP contribution in [0.2, 0.25) is 0 Å². The summed E-state index contributed by atoms with van der Waals surface area (Å²) in [6.07, 6.45) is 1.72. The molecule has 0 aliphatic heterocycles. The summed E-state index contributed by atoms with van der Waals surface area (Å²) >= 11 is 0. The van der Waals surface area contributed by atoms with Gasteiger partial charge < -0.3 is 10.1 Å². The fourth-order valence-corrected chi connectivity index (χ4v) is 3.45. The normalized spacial score (nSPS) is 11.1. The van der Waals surface area contributed by atoms with Gasteiger partial charge in [0.2, 0.25) is 15.9 Å². The number of anilines is 1. The third kappa shape index (κ3) is 6.56. The van der Waals surface area contributed by atoms with Crippen LogP contribution in [0.3, 0.4) is 0 Å². The van der Waals surface area contributed by atoms with E-state index in [-0.39, 0.29) is 18.9 Å². The first-order valence-corrected chi connectivity index (χ1v) is 10.3. The highest BCUT2D eigenvalue weighted by Crippen LogP contribution is 2.18. The molecule has 0 spiro atoms. The third-order valence-corrected chi connectivity index (χ3v) is 5.15. The zero-order valence-electron chi connectivity index (χ0n) is 15.3. The fourth-order valence-electron chi connectivity index (χ4n) is 2.52. The van der Waals surface area contributed by atoms with Crippen LogP contribution in [-0.4, -0.2) is 40.8 Å². The molecule has 0 aromatic heterocycles. The molecule has 146 valence electrons. The number of methoxy groups -OCH3 is 1. The van der Waals surface area contributed by atoms with Gasteiger partial charge in [0.1, 0.15) is 11.6 Å². The smallest absolute Gasteiger partial charge is 0.232 e. The number of halogens is 1. The van der Waals surface area contributed by atoms with E-state index in [0.717, 1.165) is 21.9 Å². The van der Waals surface area contributed by atoms with Gasteiger partial charge in [-0.2, -0.15) is 0 Å². The van der Waals surface area contributed by atoms with E-state index in [4.69, 9.17) is 4.74 Å². The Labute approximate surface area is 159 Å². The molecule has 8 heteroatoms. The molecular formula is C19H23FN2O4S. The van der Waals surface area contributed by atoms with Crippen LogP contribution in [0, 0.1) is 5.82 Å². The number of nitrogens with one attached hydrogen (secondary N) is 1. The van der Waals surface area contributed by atoms with E-state index in [9.17, 15) is 17.6 Å². The van der Waals surface area contributed by atoms with Crippen LogP contribution < -0.4 is 14.4 Å². The van der Waals surface area contributed by atoms with Gasteiger partial charge in [-0.25, -0.2) is 12.8 Å². The lowest BCUT2D eigenvalue weighted by Gasteiger charge is -2.22. The second kappa shape index (κ2) is 9.36. The number of carbonyl (C=O) groups excluding carboxylic acids is 1. The number of amides is 1. The number of sulfonamides is 1. The summed E-state index contributed by atoms with van der Waals surface area (Å²) < 4.78 is 43.2. The van der Waals surface area contributed by atoms with Crippen molar-refractivity contribution in [2.45, 2.75) is 12.8 Å². The van der Waals surface area contributed by atoms with Gasteiger partial charge in [-0.3, -0.25) is 9.10 Å². The van der Waals surface area contributed by atoms with E-state index in [1.165, 1.54) is 24.3 Å². The minimum absolute atomic E-state index is 0.00700. The SMILES string of the molecule is COc1ccc(CCNC(=O)CCN(c2ccc(F)cc2)S(C)(=O)=O)cc1. The van der Waals surface area contributed by atoms with Gasteiger partial charge in [0.25, 0.3) is 0 Å². The van der Waals surface area contributed by atoms with Crippen molar-refractivity contribution in [2.75, 3.05) is 30.8 Å². The molecule has 0 heterocycles. The zero-order valence-corrected chi connectivity index (χ0v) is 16.1. The first kappa shape index (κ1) is 20.7. The summed E-state index contributed by atoms with van der Waals surface area (Å²) in [4.78, 5) is 12.0. The second-order valence-electron chi connectivity index (χ2n) is 6.01. The molecule has 1 N–H and O–H groups in total. The predicted octanol–water partition coefficient (Wildman–Crippen LogP) is 2.35. The standard InChI is InChI=1S/C19H23FN2O4S/c1-26-18-9-3-15(4-10-18)11-13-21-19(23)12-14-22(27(2,24)25)17-7-5-16(20)6-8-17/h3-10H,11-14H2,1-2H3,(H,21,23). The Morgan fingerprint density at radius 3 is 2.30 bits per heavy atom. The Morgan fingerprint density at radius 2 is 1.74 bits per heavy atom. The number of hydrogen-bond acceptors (Lipinski definition) is 4. The van der Waals surface area contributed by atoms with Crippen LogP contribution in [0.5, 0.6) is 5.75 Å². The lowest BCUT2D eigenvalue weighted by molar-refractivity contribution is -0.120. The molecule has 0 aliphatic rings. The number of ether oxygens (including phenoxy) is 1. The average Bonchev–Trinajstić information content (AvgIpc) is 2.63. The van der Waals surface area contributed by atoms with E-state index >= 15 is 0 Å². The molecule has 27 heavy (non-hydrogen) atoms. The van der Waals surface area contributed by atoms with E-state index in [2.05, 4.69) is 5.32 Å². The Kier molecular flexibility index (Phi) is 7.18. The number of rotatable bonds is 9. The molecule has 0 fully saturated rings. The maximum Gasteiger partial charge on any atom is 0.232 e. The Bertz CT molecular complexity index is 852. The van der Waals surface area contributed by atoms with Gasteiger partial charge in [-0.1, -0.05) is 12.1 Å². The molecule has 0 saturated carbocycles. The van der Waals surface area contributed by atoms with Gasteiger partial charge in [0.05, 0.1) is 19.1 Å². The molecule has 0 bridgehead atoms. The first-order chi connectivity index (χ1) is 12.8. The zero-order chi connectivity index (χ0) is 19.9. The van der Waals surface area contributed by atoms with Gasteiger partial charge in [-0.05, 0) is 48.4 Å². The average molecular weight is 394 g/mol. The van der Waals surface area contributed by atoms with Gasteiger partial charge in [0, 0.05) is 19.5 Å². The lowest BCUT2D eigenvalue weighted by Crippen LogP contribution is -2.35. The molecular weight excluding hydrogens is 371 g/mol. The summed E-state index contributed by atoms with van der Waals surface area (Å²) in [5, 5.41) is 2.78. The molecule has 0 unspecified atom stereocenters. The van der Waals surface area contributed by atoms with E-state index < -0.39 is 15.8 Å². The van der Waals surface area contributed by atoms with Crippen molar-refractivity contribution in [3.63, 3.8) is 0 Å². The van der Waals surface area contributed by atoms with Gasteiger partial charge in [0.15, 0.2) is 0 Å². The van der Waals surface area contributed by atoms with Crippen LogP contribution in [0.25, 0.3) is 0 Å². The molecule has 0 aliphatic carbocycles. The maximum absolute atomic E-state index is 13.0. The van der Waals surface area contributed by atoms with Crippen LogP contribution in [0.15, 0.2) is 48.5 Å². The van der Waals surface area contributed by atoms with Crippen molar-refractivity contribution in [3.8, 4) is 5.75 Å². The van der Waals surface area contributed by atoms with Crippen LogP contribution in [0.1, 0.15) is 12.0 Å². The van der Waals surface area contributed by atoms with Crippen molar-refractivity contribution in [2.24, 2.45) is 0 Å². The third-order valence-electron chi connectivity index (χ3n) is 3.95. The van der Waals surface area contributed by atoms with Crippen LogP contribution in [-0.2, 0) is 21.2 Å². The maximum atomic E-state index is 13.0. The number of hydrogen-bond donors (Lipinski definition) is 1. The highest BCUT2D eigenvalue weighted by atomic mass is 32.2. The Hall–Kier alpha value is -2.61. The summed E-state index contributed by atoms with van der Waals surface area (Å²) in [5.74, 6) is 0.0622. The van der Waals surface area contributed by atoms with Gasteiger partial charge >= 0.3 is 0 Å². The predicted molar refractivity (Wildman–Crippen MR) is 103 cm³/mol. The van der Waals surface area contributed by atoms with Crippen molar-refractivity contribution < 1.29 is 22.3 Å². The van der Waals surface area contributed by atoms with Gasteiger partial charge in [-0.15, -0.1) is 0 Å². The van der Waals surface area contributed by atoms with Crippen LogP contribution in [0.4, 0.5) is 10.1 Å². The Balaban J connectivity index is 1.85. The highest BCUT2D eigenvalue weighted by molar-refractivity contribution is 7.92. The minimum Gasteiger partial charge on any atom is -0.497 e. The molecule has 2 aromatic rings. The molecule has 2 rings (SSSR count). The first-order valence-electron chi connectivity index (χ1n) is 8.42. The number of carbonyl (C=O) groups is 1. The van der Waals surface area contributed by atoms with E-state index in [1.54, 1.807) is 7.11 Å². The lowest BCUT2D eigenvalue weighted by atomic mass is 10.1. The van der Waals surface area contributed by atoms with Crippen molar-refractivity contribution in [3.05, 3.63) is 59.9 Å². The highest BCUT2D eigenvalue weighted by Gasteiger charge is 2.18. The van der Waals surface area contributed by atoms with Crippen molar-refractivity contribution in [1.29, 1.82) is 0 Å². The molecule has 0 atom stereocenters. The fraction of sp³-hybridized carbons (Fsp3) is 0.316. The quantitative estimate of drug-likeness (QED) is 0.708. The number of benzene rings is 2. The molecule has 1 amide bonds.